The second-order valence-electron chi connectivity index (χ2n) is 7.38. The zero-order valence-electron chi connectivity index (χ0n) is 15.2. The molecule has 1 saturated heterocycles. The first-order chi connectivity index (χ1) is 13.0. The highest BCUT2D eigenvalue weighted by atomic mass is 32.1. The lowest BCUT2D eigenvalue weighted by Gasteiger charge is -2.46. The molecule has 6 nitrogen and oxygen atoms in total. The predicted molar refractivity (Wildman–Crippen MR) is 104 cm³/mol. The van der Waals surface area contributed by atoms with Gasteiger partial charge in [0.1, 0.15) is 11.4 Å². The fourth-order valence-corrected chi connectivity index (χ4v) is 4.66. The van der Waals surface area contributed by atoms with Crippen molar-refractivity contribution in [1.29, 1.82) is 0 Å². The Hall–Kier alpha value is -2.38. The van der Waals surface area contributed by atoms with Crippen molar-refractivity contribution in [2.24, 2.45) is 5.73 Å². The quantitative estimate of drug-likeness (QED) is 0.850. The molecule has 1 aromatic heterocycles. The Labute approximate surface area is 162 Å². The smallest absolute Gasteiger partial charge is 0.261 e. The van der Waals surface area contributed by atoms with Crippen molar-refractivity contribution < 1.29 is 14.3 Å². The van der Waals surface area contributed by atoms with E-state index in [4.69, 9.17) is 10.5 Å². The lowest BCUT2D eigenvalue weighted by molar-refractivity contribution is -0.0195. The Morgan fingerprint density at radius 2 is 1.89 bits per heavy atom. The van der Waals surface area contributed by atoms with Crippen LogP contribution in [0.3, 0.4) is 0 Å². The number of amides is 2. The molecule has 2 amide bonds. The molecule has 7 heteroatoms. The van der Waals surface area contributed by atoms with Crippen molar-refractivity contribution in [3.63, 3.8) is 0 Å². The number of carbonyl (C=O) groups excluding carboxylic acids is 2. The van der Waals surface area contributed by atoms with Gasteiger partial charge < -0.3 is 20.7 Å². The number of thiophene rings is 1. The fourth-order valence-electron chi connectivity index (χ4n) is 3.90. The fraction of sp³-hybridized carbons (Fsp3) is 0.400. The van der Waals surface area contributed by atoms with Gasteiger partial charge in [-0.3, -0.25) is 9.59 Å². The first-order valence-corrected chi connectivity index (χ1v) is 9.94. The van der Waals surface area contributed by atoms with Gasteiger partial charge in [0.15, 0.2) is 0 Å². The molecule has 0 aliphatic carbocycles. The number of piperidine rings is 1. The van der Waals surface area contributed by atoms with E-state index in [1.165, 1.54) is 0 Å². The third-order valence-corrected chi connectivity index (χ3v) is 6.57. The van der Waals surface area contributed by atoms with Gasteiger partial charge in [-0.1, -0.05) is 18.2 Å². The molecule has 3 heterocycles. The molecular formula is C20H23N3O3S. The normalized spacial score (nSPS) is 21.3. The third kappa shape index (κ3) is 3.57. The minimum atomic E-state index is -0.513. The summed E-state index contributed by atoms with van der Waals surface area (Å²) in [5, 5.41) is 3.15. The zero-order chi connectivity index (χ0) is 19.0. The number of hydrogen-bond donors (Lipinski definition) is 2. The van der Waals surface area contributed by atoms with Crippen LogP contribution in [0.1, 0.15) is 50.2 Å². The van der Waals surface area contributed by atoms with Crippen LogP contribution in [-0.4, -0.2) is 42.5 Å². The van der Waals surface area contributed by atoms with Crippen molar-refractivity contribution >= 4 is 23.2 Å². The second-order valence-corrected chi connectivity index (χ2v) is 8.47. The monoisotopic (exact) mass is 385 g/mol. The highest BCUT2D eigenvalue weighted by Gasteiger charge is 2.43. The van der Waals surface area contributed by atoms with Crippen LogP contribution >= 0.6 is 11.3 Å². The predicted octanol–water partition coefficient (Wildman–Crippen LogP) is 2.57. The summed E-state index contributed by atoms with van der Waals surface area (Å²) in [4.78, 5) is 27.3. The molecular weight excluding hydrogens is 362 g/mol. The maximum atomic E-state index is 12.8. The average Bonchev–Trinajstić information content (AvgIpc) is 3.15. The van der Waals surface area contributed by atoms with E-state index < -0.39 is 5.91 Å². The van der Waals surface area contributed by atoms with E-state index >= 15 is 0 Å². The number of likely N-dealkylation sites (tertiary alicyclic amines) is 1. The molecule has 0 radical (unpaired) electrons. The number of nitrogens with zero attached hydrogens (tertiary/aromatic N) is 1. The van der Waals surface area contributed by atoms with Gasteiger partial charge in [0.05, 0.1) is 15.8 Å². The standard InChI is InChI=1S/C20H23N3O3S/c1-23-10-8-20(9-11-23)12-14(13-4-2-3-5-15(13)26-20)22-19(25)17-7-6-16(27-17)18(21)24/h2-7,14H,8-12H2,1H3,(H2,21,24)(H,22,25)/t14-/m1/s1. The van der Waals surface area contributed by atoms with Gasteiger partial charge >= 0.3 is 0 Å². The summed E-state index contributed by atoms with van der Waals surface area (Å²) in [6.07, 6.45) is 2.63. The summed E-state index contributed by atoms with van der Waals surface area (Å²) in [6.45, 7) is 1.96. The molecule has 2 aliphatic rings. The van der Waals surface area contributed by atoms with E-state index in [0.29, 0.717) is 9.75 Å². The summed E-state index contributed by atoms with van der Waals surface area (Å²) >= 11 is 1.12. The summed E-state index contributed by atoms with van der Waals surface area (Å²) in [6, 6.07) is 11.0. The van der Waals surface area contributed by atoms with Crippen molar-refractivity contribution in [2.45, 2.75) is 30.9 Å². The van der Waals surface area contributed by atoms with Crippen molar-refractivity contribution in [2.75, 3.05) is 20.1 Å². The first-order valence-electron chi connectivity index (χ1n) is 9.13. The van der Waals surface area contributed by atoms with Crippen LogP contribution in [0.25, 0.3) is 0 Å². The number of nitrogens with two attached hydrogens (primary N) is 1. The molecule has 2 aliphatic heterocycles. The second kappa shape index (κ2) is 6.98. The summed E-state index contributed by atoms with van der Waals surface area (Å²) in [7, 11) is 2.12. The highest BCUT2D eigenvalue weighted by molar-refractivity contribution is 7.15. The molecule has 4 rings (SSSR count). The number of fused-ring (bicyclic) bond motifs is 1. The van der Waals surface area contributed by atoms with E-state index in [1.54, 1.807) is 12.1 Å². The Bertz CT molecular complexity index is 871. The van der Waals surface area contributed by atoms with E-state index in [1.807, 2.05) is 24.3 Å². The van der Waals surface area contributed by atoms with Crippen LogP contribution in [0.4, 0.5) is 0 Å². The van der Waals surface area contributed by atoms with Gasteiger partial charge in [-0.25, -0.2) is 0 Å². The van der Waals surface area contributed by atoms with E-state index in [9.17, 15) is 9.59 Å². The SMILES string of the molecule is CN1CCC2(CC1)C[C@@H](NC(=O)c1ccc(C(N)=O)s1)c1ccccc1O2. The Morgan fingerprint density at radius 1 is 1.19 bits per heavy atom. The Kier molecular flexibility index (Phi) is 4.65. The van der Waals surface area contributed by atoms with Crippen LogP contribution in [0, 0.1) is 0 Å². The van der Waals surface area contributed by atoms with Crippen molar-refractivity contribution in [1.82, 2.24) is 10.2 Å². The lowest BCUT2D eigenvalue weighted by atomic mass is 9.80. The van der Waals surface area contributed by atoms with Gasteiger partial charge in [0.25, 0.3) is 11.8 Å². The molecule has 3 N–H and O–H groups in total. The largest absolute Gasteiger partial charge is 0.487 e. The molecule has 0 unspecified atom stereocenters. The first kappa shape index (κ1) is 18.0. The van der Waals surface area contributed by atoms with Gasteiger partial charge in [0, 0.05) is 25.1 Å². The molecule has 142 valence electrons. The van der Waals surface area contributed by atoms with E-state index in [-0.39, 0.29) is 17.6 Å². The number of carbonyl (C=O) groups is 2. The maximum absolute atomic E-state index is 12.8. The number of nitrogens with one attached hydrogen (secondary N) is 1. The topological polar surface area (TPSA) is 84.7 Å². The lowest BCUT2D eigenvalue weighted by Crippen LogP contribution is -2.51. The maximum Gasteiger partial charge on any atom is 0.261 e. The Balaban J connectivity index is 1.58. The summed E-state index contributed by atoms with van der Waals surface area (Å²) < 4.78 is 6.43. The van der Waals surface area contributed by atoms with E-state index in [0.717, 1.165) is 55.0 Å². The number of ether oxygens (including phenoxy) is 1. The molecule has 1 atom stereocenters. The molecule has 1 spiro atoms. The van der Waals surface area contributed by atoms with Crippen molar-refractivity contribution in [3.05, 3.63) is 51.7 Å². The van der Waals surface area contributed by atoms with Crippen molar-refractivity contribution in [3.8, 4) is 5.75 Å². The van der Waals surface area contributed by atoms with Gasteiger partial charge in [-0.05, 0) is 38.1 Å². The zero-order valence-corrected chi connectivity index (χ0v) is 16.1. The number of para-hydroxylation sites is 1. The van der Waals surface area contributed by atoms with Gasteiger partial charge in [0.2, 0.25) is 0 Å². The number of rotatable bonds is 3. The highest BCUT2D eigenvalue weighted by Crippen LogP contribution is 2.44. The van der Waals surface area contributed by atoms with Gasteiger partial charge in [-0.2, -0.15) is 0 Å². The molecule has 27 heavy (non-hydrogen) atoms. The molecule has 0 bridgehead atoms. The average molecular weight is 385 g/mol. The van der Waals surface area contributed by atoms with Crippen LogP contribution < -0.4 is 15.8 Å². The number of hydrogen-bond acceptors (Lipinski definition) is 5. The molecule has 2 aromatic rings. The summed E-state index contributed by atoms with van der Waals surface area (Å²) in [5.41, 5.74) is 6.06. The van der Waals surface area contributed by atoms with E-state index in [2.05, 4.69) is 17.3 Å². The summed E-state index contributed by atoms with van der Waals surface area (Å²) in [5.74, 6) is 0.153. The third-order valence-electron chi connectivity index (χ3n) is 5.47. The minimum Gasteiger partial charge on any atom is -0.487 e. The Morgan fingerprint density at radius 3 is 2.59 bits per heavy atom. The van der Waals surface area contributed by atoms with Crippen LogP contribution in [0.5, 0.6) is 5.75 Å². The number of benzene rings is 1. The minimum absolute atomic E-state index is 0.120. The van der Waals surface area contributed by atoms with Crippen LogP contribution in [0.2, 0.25) is 0 Å². The van der Waals surface area contributed by atoms with Crippen LogP contribution in [0.15, 0.2) is 36.4 Å². The van der Waals surface area contributed by atoms with Gasteiger partial charge in [-0.15, -0.1) is 11.3 Å². The molecule has 1 aromatic carbocycles. The molecule has 0 saturated carbocycles. The number of primary amides is 1. The molecule has 1 fully saturated rings. The van der Waals surface area contributed by atoms with Crippen LogP contribution in [-0.2, 0) is 0 Å².